The smallest absolute Gasteiger partial charge is 0.271 e. The molecule has 0 saturated carbocycles. The quantitative estimate of drug-likeness (QED) is 0.541. The van der Waals surface area contributed by atoms with Crippen LogP contribution < -0.4 is 10.0 Å². The summed E-state index contributed by atoms with van der Waals surface area (Å²) < 4.78 is 27.4. The average Bonchev–Trinajstić information content (AvgIpc) is 3.23. The molecule has 0 bridgehead atoms. The first-order valence-electron chi connectivity index (χ1n) is 9.65. The van der Waals surface area contributed by atoms with Crippen LogP contribution in [-0.2, 0) is 21.2 Å². The van der Waals surface area contributed by atoms with Crippen molar-refractivity contribution in [3.8, 4) is 0 Å². The normalized spacial score (nSPS) is 12.9. The van der Waals surface area contributed by atoms with Crippen molar-refractivity contribution in [1.82, 2.24) is 5.32 Å². The van der Waals surface area contributed by atoms with E-state index in [-0.39, 0.29) is 28.0 Å². The Morgan fingerprint density at radius 2 is 1.63 bits per heavy atom. The zero-order chi connectivity index (χ0) is 21.8. The number of hydrogen-bond acceptors (Lipinski definition) is 4. The van der Waals surface area contributed by atoms with E-state index in [4.69, 9.17) is 0 Å². The van der Waals surface area contributed by atoms with Crippen molar-refractivity contribution >= 4 is 33.0 Å². The molecule has 7 heteroatoms. The highest BCUT2D eigenvalue weighted by molar-refractivity contribution is 7.94. The number of nitrogens with one attached hydrogen (secondary N) is 2. The van der Waals surface area contributed by atoms with Gasteiger partial charge in [-0.25, -0.2) is 8.42 Å². The van der Waals surface area contributed by atoms with Gasteiger partial charge in [-0.05, 0) is 40.1 Å². The van der Waals surface area contributed by atoms with E-state index in [1.807, 2.05) is 30.3 Å². The van der Waals surface area contributed by atoms with Crippen molar-refractivity contribution in [2.75, 3.05) is 4.72 Å². The maximum Gasteiger partial charge on any atom is 0.271 e. The molecule has 0 aliphatic carbocycles. The summed E-state index contributed by atoms with van der Waals surface area (Å²) in [5.41, 5.74) is 2.20. The summed E-state index contributed by atoms with van der Waals surface area (Å²) in [6.45, 7) is 6.29. The molecule has 2 aromatic carbocycles. The van der Waals surface area contributed by atoms with E-state index in [0.29, 0.717) is 5.69 Å². The molecule has 1 unspecified atom stereocenters. The molecule has 3 aromatic rings. The Balaban J connectivity index is 1.65. The van der Waals surface area contributed by atoms with Crippen LogP contribution in [0.25, 0.3) is 0 Å². The number of sulfonamides is 1. The third kappa shape index (κ3) is 5.70. The number of amides is 1. The summed E-state index contributed by atoms with van der Waals surface area (Å²) in [6.07, 6.45) is 0.220. The minimum Gasteiger partial charge on any atom is -0.348 e. The Kier molecular flexibility index (Phi) is 6.63. The van der Waals surface area contributed by atoms with Gasteiger partial charge >= 0.3 is 0 Å². The Morgan fingerprint density at radius 3 is 2.20 bits per heavy atom. The molecule has 1 heterocycles. The fraction of sp³-hybridized carbons (Fsp3) is 0.261. The molecule has 0 fully saturated rings. The van der Waals surface area contributed by atoms with Gasteiger partial charge in [0, 0.05) is 5.69 Å². The molecule has 2 N–H and O–H groups in total. The Bertz CT molecular complexity index is 1070. The Labute approximate surface area is 182 Å². The predicted octanol–water partition coefficient (Wildman–Crippen LogP) is 5.00. The van der Waals surface area contributed by atoms with Crippen LogP contribution in [0, 0.1) is 5.41 Å². The molecule has 5 nitrogen and oxygen atoms in total. The first kappa shape index (κ1) is 22.1. The first-order valence-corrected chi connectivity index (χ1v) is 12.0. The second kappa shape index (κ2) is 9.02. The largest absolute Gasteiger partial charge is 0.348 e. The van der Waals surface area contributed by atoms with Crippen molar-refractivity contribution < 1.29 is 13.2 Å². The van der Waals surface area contributed by atoms with Crippen molar-refractivity contribution in [2.45, 2.75) is 37.4 Å². The Morgan fingerprint density at radius 1 is 0.967 bits per heavy atom. The van der Waals surface area contributed by atoms with Gasteiger partial charge in [-0.2, -0.15) is 0 Å². The zero-order valence-corrected chi connectivity index (χ0v) is 18.9. The van der Waals surface area contributed by atoms with Crippen molar-refractivity contribution in [2.24, 2.45) is 5.41 Å². The van der Waals surface area contributed by atoms with Crippen LogP contribution in [0.5, 0.6) is 0 Å². The Hall–Kier alpha value is -2.64. The van der Waals surface area contributed by atoms with Crippen molar-refractivity contribution in [3.63, 3.8) is 0 Å². The van der Waals surface area contributed by atoms with Crippen LogP contribution in [-0.4, -0.2) is 14.3 Å². The molecule has 0 aliphatic heterocycles. The van der Waals surface area contributed by atoms with Gasteiger partial charge in [-0.15, -0.1) is 11.3 Å². The van der Waals surface area contributed by atoms with Gasteiger partial charge in [-0.3, -0.25) is 9.52 Å². The highest BCUT2D eigenvalue weighted by atomic mass is 32.2. The third-order valence-corrected chi connectivity index (χ3v) is 7.41. The molecular formula is C23H26N2O3S2. The summed E-state index contributed by atoms with van der Waals surface area (Å²) in [7, 11) is -3.58. The number of rotatable bonds is 7. The minimum atomic E-state index is -3.58. The highest BCUT2D eigenvalue weighted by Gasteiger charge is 2.27. The summed E-state index contributed by atoms with van der Waals surface area (Å²) in [5.74, 6) is -0.0781. The molecule has 0 radical (unpaired) electrons. The number of anilines is 1. The van der Waals surface area contributed by atoms with Crippen LogP contribution >= 0.6 is 11.3 Å². The van der Waals surface area contributed by atoms with Crippen LogP contribution in [0.15, 0.2) is 76.3 Å². The van der Waals surface area contributed by atoms with E-state index in [0.717, 1.165) is 22.5 Å². The molecule has 1 aromatic heterocycles. The molecule has 0 aliphatic rings. The molecule has 30 heavy (non-hydrogen) atoms. The van der Waals surface area contributed by atoms with Crippen LogP contribution in [0.1, 0.15) is 37.9 Å². The SMILES string of the molecule is CC(C)(C)C(NC(=O)Cc1ccc(NS(=O)(=O)c2cccs2)cc1)c1ccccc1. The zero-order valence-electron chi connectivity index (χ0n) is 17.3. The van der Waals surface area contributed by atoms with E-state index in [9.17, 15) is 13.2 Å². The monoisotopic (exact) mass is 442 g/mol. The van der Waals surface area contributed by atoms with Crippen LogP contribution in [0.2, 0.25) is 0 Å². The fourth-order valence-corrected chi connectivity index (χ4v) is 5.21. The number of thiophene rings is 1. The van der Waals surface area contributed by atoms with Gasteiger partial charge in [0.1, 0.15) is 4.21 Å². The molecule has 1 amide bonds. The molecule has 0 saturated heterocycles. The average molecular weight is 443 g/mol. The van der Waals surface area contributed by atoms with Gasteiger partial charge in [0.15, 0.2) is 0 Å². The minimum absolute atomic E-state index is 0.0781. The van der Waals surface area contributed by atoms with Gasteiger partial charge in [0.2, 0.25) is 5.91 Å². The molecule has 1 atom stereocenters. The molecule has 0 spiro atoms. The van der Waals surface area contributed by atoms with E-state index in [2.05, 4.69) is 30.8 Å². The lowest BCUT2D eigenvalue weighted by molar-refractivity contribution is -0.122. The van der Waals surface area contributed by atoms with Gasteiger partial charge < -0.3 is 5.32 Å². The lowest BCUT2D eigenvalue weighted by Crippen LogP contribution is -2.37. The van der Waals surface area contributed by atoms with Crippen molar-refractivity contribution in [1.29, 1.82) is 0 Å². The molecular weight excluding hydrogens is 416 g/mol. The maximum absolute atomic E-state index is 12.7. The highest BCUT2D eigenvalue weighted by Crippen LogP contribution is 2.32. The van der Waals surface area contributed by atoms with Gasteiger partial charge in [0.25, 0.3) is 10.0 Å². The number of carbonyl (C=O) groups is 1. The van der Waals surface area contributed by atoms with Gasteiger partial charge in [0.05, 0.1) is 12.5 Å². The summed E-state index contributed by atoms with van der Waals surface area (Å²) >= 11 is 1.16. The summed E-state index contributed by atoms with van der Waals surface area (Å²) in [4.78, 5) is 12.7. The second-order valence-electron chi connectivity index (χ2n) is 8.19. The second-order valence-corrected chi connectivity index (χ2v) is 11.0. The van der Waals surface area contributed by atoms with Crippen LogP contribution in [0.3, 0.4) is 0 Å². The summed E-state index contributed by atoms with van der Waals surface area (Å²) in [5, 5.41) is 4.86. The topological polar surface area (TPSA) is 75.3 Å². The van der Waals surface area contributed by atoms with Gasteiger partial charge in [-0.1, -0.05) is 69.3 Å². The van der Waals surface area contributed by atoms with E-state index >= 15 is 0 Å². The fourth-order valence-electron chi connectivity index (χ4n) is 3.16. The number of hydrogen-bond donors (Lipinski definition) is 2. The standard InChI is InChI=1S/C23H26N2O3S2/c1-23(2,3)22(18-8-5-4-6-9-18)24-20(26)16-17-11-13-19(14-12-17)25-30(27,28)21-10-7-15-29-21/h4-15,22,25H,16H2,1-3H3,(H,24,26). The molecule has 3 rings (SSSR count). The number of carbonyl (C=O) groups excluding carboxylic acids is 1. The lowest BCUT2D eigenvalue weighted by atomic mass is 9.82. The molecule has 158 valence electrons. The maximum atomic E-state index is 12.7. The predicted molar refractivity (Wildman–Crippen MR) is 122 cm³/mol. The number of benzene rings is 2. The summed E-state index contributed by atoms with van der Waals surface area (Å²) in [6, 6.07) is 20.0. The van der Waals surface area contributed by atoms with E-state index in [1.54, 1.807) is 41.8 Å². The third-order valence-electron chi connectivity index (χ3n) is 4.64. The lowest BCUT2D eigenvalue weighted by Gasteiger charge is -2.32. The van der Waals surface area contributed by atoms with Crippen LogP contribution in [0.4, 0.5) is 5.69 Å². The van der Waals surface area contributed by atoms with Crippen molar-refractivity contribution in [3.05, 3.63) is 83.2 Å². The van der Waals surface area contributed by atoms with E-state index < -0.39 is 10.0 Å². The van der Waals surface area contributed by atoms with E-state index in [1.165, 1.54) is 0 Å². The first-order chi connectivity index (χ1) is 14.1.